The van der Waals surface area contributed by atoms with Crippen molar-refractivity contribution in [3.05, 3.63) is 26.9 Å². The van der Waals surface area contributed by atoms with E-state index in [1.165, 1.54) is 4.57 Å². The SMILES string of the molecule is CC(C)CCCn1c(O)cc(=O)[nH]c1=O. The fourth-order valence-electron chi connectivity index (χ4n) is 1.38. The van der Waals surface area contributed by atoms with Crippen LogP contribution in [0.25, 0.3) is 0 Å². The molecule has 0 aliphatic rings. The molecule has 0 amide bonds. The van der Waals surface area contributed by atoms with Crippen LogP contribution in [-0.2, 0) is 6.54 Å². The molecule has 0 unspecified atom stereocenters. The first-order valence-corrected chi connectivity index (χ1v) is 5.04. The molecule has 5 nitrogen and oxygen atoms in total. The van der Waals surface area contributed by atoms with Crippen LogP contribution in [0.2, 0.25) is 0 Å². The van der Waals surface area contributed by atoms with E-state index >= 15 is 0 Å². The Bertz CT molecular complexity index is 431. The van der Waals surface area contributed by atoms with Gasteiger partial charge >= 0.3 is 5.69 Å². The lowest BCUT2D eigenvalue weighted by atomic mass is 10.1. The quantitative estimate of drug-likeness (QED) is 0.770. The molecule has 0 aliphatic carbocycles. The molecule has 0 radical (unpaired) electrons. The minimum absolute atomic E-state index is 0.271. The molecule has 0 atom stereocenters. The minimum atomic E-state index is -0.572. The van der Waals surface area contributed by atoms with Gasteiger partial charge in [-0.25, -0.2) is 4.79 Å². The Balaban J connectivity index is 2.77. The Morgan fingerprint density at radius 1 is 1.47 bits per heavy atom. The second-order valence-corrected chi connectivity index (χ2v) is 3.98. The maximum Gasteiger partial charge on any atom is 0.331 e. The number of aromatic amines is 1. The summed E-state index contributed by atoms with van der Waals surface area (Å²) >= 11 is 0. The maximum atomic E-state index is 11.3. The summed E-state index contributed by atoms with van der Waals surface area (Å²) in [7, 11) is 0. The zero-order chi connectivity index (χ0) is 11.4. The number of H-pyrrole nitrogens is 1. The van der Waals surface area contributed by atoms with Crippen LogP contribution in [0.1, 0.15) is 26.7 Å². The number of nitrogens with one attached hydrogen (secondary N) is 1. The van der Waals surface area contributed by atoms with Gasteiger partial charge in [-0.1, -0.05) is 13.8 Å². The Morgan fingerprint density at radius 3 is 2.67 bits per heavy atom. The summed E-state index contributed by atoms with van der Waals surface area (Å²) in [6, 6.07) is 1.01. The molecule has 1 aromatic rings. The summed E-state index contributed by atoms with van der Waals surface area (Å²) in [6.45, 7) is 4.62. The first-order chi connectivity index (χ1) is 7.00. The molecule has 0 bridgehead atoms. The zero-order valence-corrected chi connectivity index (χ0v) is 8.99. The van der Waals surface area contributed by atoms with Crippen LogP contribution in [0.15, 0.2) is 15.7 Å². The summed E-state index contributed by atoms with van der Waals surface area (Å²) in [5, 5.41) is 9.38. The molecule has 0 aromatic carbocycles. The van der Waals surface area contributed by atoms with E-state index in [1.807, 2.05) is 0 Å². The fraction of sp³-hybridized carbons (Fsp3) is 0.600. The second-order valence-electron chi connectivity index (χ2n) is 3.98. The third-order valence-corrected chi connectivity index (χ3v) is 2.18. The predicted octanol–water partition coefficient (Wildman–Crippen LogP) is 0.678. The molecule has 0 aliphatic heterocycles. The highest BCUT2D eigenvalue weighted by atomic mass is 16.3. The normalized spacial score (nSPS) is 10.9. The molecule has 0 spiro atoms. The molecule has 0 saturated heterocycles. The van der Waals surface area contributed by atoms with Gasteiger partial charge in [0.1, 0.15) is 0 Å². The molecular weight excluding hydrogens is 196 g/mol. The standard InChI is InChI=1S/C10H16N2O3/c1-7(2)4-3-5-12-9(14)6-8(13)11-10(12)15/h6-7,14H,3-5H2,1-2H3,(H,11,13,15). The summed E-state index contributed by atoms with van der Waals surface area (Å²) in [5.41, 5.74) is -1.12. The molecule has 0 saturated carbocycles. The maximum absolute atomic E-state index is 11.3. The molecule has 0 fully saturated rings. The molecule has 2 N–H and O–H groups in total. The lowest BCUT2D eigenvalue weighted by Crippen LogP contribution is -2.29. The van der Waals surface area contributed by atoms with Gasteiger partial charge in [0.15, 0.2) is 0 Å². The van der Waals surface area contributed by atoms with Crippen molar-refractivity contribution in [2.24, 2.45) is 5.92 Å². The molecular formula is C10H16N2O3. The number of rotatable bonds is 4. The molecule has 1 heterocycles. The summed E-state index contributed by atoms with van der Waals surface area (Å²) < 4.78 is 1.17. The van der Waals surface area contributed by atoms with Gasteiger partial charge in [-0.05, 0) is 18.8 Å². The van der Waals surface area contributed by atoms with Crippen LogP contribution in [0.5, 0.6) is 5.88 Å². The zero-order valence-electron chi connectivity index (χ0n) is 8.99. The number of nitrogens with zero attached hydrogens (tertiary/aromatic N) is 1. The topological polar surface area (TPSA) is 75.1 Å². The lowest BCUT2D eigenvalue weighted by molar-refractivity contribution is 0.387. The molecule has 84 valence electrons. The van der Waals surface area contributed by atoms with Crippen molar-refractivity contribution in [2.45, 2.75) is 33.2 Å². The van der Waals surface area contributed by atoms with E-state index < -0.39 is 11.2 Å². The van der Waals surface area contributed by atoms with Crippen molar-refractivity contribution in [2.75, 3.05) is 0 Å². The smallest absolute Gasteiger partial charge is 0.331 e. The number of hydrogen-bond acceptors (Lipinski definition) is 3. The average Bonchev–Trinajstić information content (AvgIpc) is 2.08. The second kappa shape index (κ2) is 4.82. The van der Waals surface area contributed by atoms with E-state index in [0.717, 1.165) is 18.9 Å². The van der Waals surface area contributed by atoms with Crippen LogP contribution in [0.4, 0.5) is 0 Å². The van der Waals surface area contributed by atoms with E-state index in [1.54, 1.807) is 0 Å². The molecule has 5 heteroatoms. The van der Waals surface area contributed by atoms with E-state index in [-0.39, 0.29) is 5.88 Å². The van der Waals surface area contributed by atoms with Crippen LogP contribution >= 0.6 is 0 Å². The Kier molecular flexibility index (Phi) is 3.71. The van der Waals surface area contributed by atoms with Crippen LogP contribution in [0, 0.1) is 5.92 Å². The van der Waals surface area contributed by atoms with Gasteiger partial charge in [0.25, 0.3) is 5.56 Å². The number of aromatic hydroxyl groups is 1. The van der Waals surface area contributed by atoms with Crippen molar-refractivity contribution in [1.82, 2.24) is 9.55 Å². The first-order valence-electron chi connectivity index (χ1n) is 5.04. The highest BCUT2D eigenvalue weighted by molar-refractivity contribution is 5.05. The van der Waals surface area contributed by atoms with Gasteiger partial charge < -0.3 is 5.11 Å². The van der Waals surface area contributed by atoms with E-state index in [9.17, 15) is 14.7 Å². The van der Waals surface area contributed by atoms with Crippen molar-refractivity contribution < 1.29 is 5.11 Å². The van der Waals surface area contributed by atoms with E-state index in [4.69, 9.17) is 0 Å². The summed E-state index contributed by atoms with van der Waals surface area (Å²) in [5.74, 6) is 0.290. The Hall–Kier alpha value is -1.52. The van der Waals surface area contributed by atoms with Crippen LogP contribution in [0.3, 0.4) is 0 Å². The van der Waals surface area contributed by atoms with E-state index in [2.05, 4.69) is 18.8 Å². The van der Waals surface area contributed by atoms with Crippen molar-refractivity contribution in [3.8, 4) is 5.88 Å². The number of aromatic nitrogens is 2. The molecule has 15 heavy (non-hydrogen) atoms. The lowest BCUT2D eigenvalue weighted by Gasteiger charge is -2.08. The molecule has 1 rings (SSSR count). The Morgan fingerprint density at radius 2 is 2.13 bits per heavy atom. The monoisotopic (exact) mass is 212 g/mol. The highest BCUT2D eigenvalue weighted by Gasteiger charge is 2.04. The van der Waals surface area contributed by atoms with Crippen molar-refractivity contribution in [1.29, 1.82) is 0 Å². The summed E-state index contributed by atoms with van der Waals surface area (Å²) in [4.78, 5) is 24.2. The van der Waals surface area contributed by atoms with E-state index in [0.29, 0.717) is 12.5 Å². The van der Waals surface area contributed by atoms with Crippen LogP contribution in [-0.4, -0.2) is 14.7 Å². The summed E-state index contributed by atoms with van der Waals surface area (Å²) in [6.07, 6.45) is 1.78. The Labute approximate surface area is 87.4 Å². The fourth-order valence-corrected chi connectivity index (χ4v) is 1.38. The van der Waals surface area contributed by atoms with Gasteiger partial charge in [-0.3, -0.25) is 14.3 Å². The largest absolute Gasteiger partial charge is 0.494 e. The average molecular weight is 212 g/mol. The van der Waals surface area contributed by atoms with Crippen LogP contribution < -0.4 is 11.2 Å². The molecule has 1 aromatic heterocycles. The van der Waals surface area contributed by atoms with Gasteiger partial charge in [-0.15, -0.1) is 0 Å². The van der Waals surface area contributed by atoms with Gasteiger partial charge in [0.2, 0.25) is 5.88 Å². The first kappa shape index (κ1) is 11.6. The third-order valence-electron chi connectivity index (χ3n) is 2.18. The van der Waals surface area contributed by atoms with Crippen molar-refractivity contribution in [3.63, 3.8) is 0 Å². The predicted molar refractivity (Wildman–Crippen MR) is 57.1 cm³/mol. The third kappa shape index (κ3) is 3.27. The highest BCUT2D eigenvalue weighted by Crippen LogP contribution is 2.07. The number of hydrogen-bond donors (Lipinski definition) is 2. The van der Waals surface area contributed by atoms with Crippen molar-refractivity contribution >= 4 is 0 Å². The van der Waals surface area contributed by atoms with Gasteiger partial charge in [0.05, 0.1) is 6.07 Å². The van der Waals surface area contributed by atoms with Gasteiger partial charge in [0, 0.05) is 6.54 Å². The minimum Gasteiger partial charge on any atom is -0.494 e. The van der Waals surface area contributed by atoms with Gasteiger partial charge in [-0.2, -0.15) is 0 Å².